The van der Waals surface area contributed by atoms with Crippen molar-refractivity contribution in [3.05, 3.63) is 71.4 Å². The fourth-order valence-corrected chi connectivity index (χ4v) is 5.84. The van der Waals surface area contributed by atoms with Crippen LogP contribution in [0.4, 0.5) is 15.9 Å². The third-order valence-electron chi connectivity index (χ3n) is 8.28. The second kappa shape index (κ2) is 11.4. The lowest BCUT2D eigenvalue weighted by molar-refractivity contribution is -0.136. The molecule has 2 amide bonds. The van der Waals surface area contributed by atoms with Crippen molar-refractivity contribution in [2.75, 3.05) is 51.7 Å². The first-order valence-corrected chi connectivity index (χ1v) is 14.2. The topological polar surface area (TPSA) is 104 Å². The Morgan fingerprint density at radius 1 is 1.07 bits per heavy atom. The molecule has 1 atom stereocenters. The fourth-order valence-electron chi connectivity index (χ4n) is 5.84. The maximum absolute atomic E-state index is 14.8. The zero-order valence-electron chi connectivity index (χ0n) is 24.0. The van der Waals surface area contributed by atoms with Crippen LogP contribution >= 0.6 is 0 Å². The van der Waals surface area contributed by atoms with Crippen molar-refractivity contribution < 1.29 is 18.7 Å². The number of halogens is 1. The van der Waals surface area contributed by atoms with Crippen molar-refractivity contribution in [1.29, 1.82) is 0 Å². The maximum atomic E-state index is 14.8. The zero-order valence-corrected chi connectivity index (χ0v) is 24.0. The summed E-state index contributed by atoms with van der Waals surface area (Å²) in [5.41, 5.74) is 4.72. The number of amides is 2. The number of anilines is 2. The van der Waals surface area contributed by atoms with Crippen LogP contribution in [-0.2, 0) is 4.79 Å². The van der Waals surface area contributed by atoms with Gasteiger partial charge >= 0.3 is 0 Å². The average Bonchev–Trinajstić information content (AvgIpc) is 3.70. The second-order valence-corrected chi connectivity index (χ2v) is 10.8. The molecule has 0 saturated carbocycles. The van der Waals surface area contributed by atoms with Crippen molar-refractivity contribution in [2.24, 2.45) is 5.92 Å². The van der Waals surface area contributed by atoms with E-state index < -0.39 is 5.82 Å². The molecule has 2 N–H and O–H groups in total. The van der Waals surface area contributed by atoms with E-state index in [2.05, 4.69) is 20.6 Å². The van der Waals surface area contributed by atoms with Gasteiger partial charge in [0.1, 0.15) is 0 Å². The number of aromatic nitrogens is 3. The van der Waals surface area contributed by atoms with Crippen molar-refractivity contribution >= 4 is 29.0 Å². The molecule has 2 aromatic carbocycles. The highest BCUT2D eigenvalue weighted by molar-refractivity contribution is 5.96. The number of piperazine rings is 1. The van der Waals surface area contributed by atoms with E-state index in [1.54, 1.807) is 31.6 Å². The number of hydrogen-bond donors (Lipinski definition) is 2. The molecule has 4 heterocycles. The molecule has 2 fully saturated rings. The number of ether oxygens (including phenoxy) is 1. The number of imidazole rings is 1. The minimum atomic E-state index is -0.403. The van der Waals surface area contributed by atoms with Crippen LogP contribution in [0.15, 0.2) is 48.9 Å². The number of hydrogen-bond acceptors (Lipinski definition) is 7. The summed E-state index contributed by atoms with van der Waals surface area (Å²) in [5, 5.41) is 6.57. The Bertz CT molecular complexity index is 1660. The van der Waals surface area contributed by atoms with Gasteiger partial charge in [-0.1, -0.05) is 0 Å². The van der Waals surface area contributed by atoms with Gasteiger partial charge in [0, 0.05) is 61.9 Å². The summed E-state index contributed by atoms with van der Waals surface area (Å²) in [5.74, 6) is 0.539. The molecule has 1 unspecified atom stereocenters. The normalized spacial score (nSPS) is 17.1. The van der Waals surface area contributed by atoms with Gasteiger partial charge in [-0.25, -0.2) is 14.4 Å². The molecule has 218 valence electrons. The van der Waals surface area contributed by atoms with E-state index in [4.69, 9.17) is 4.74 Å². The molecule has 42 heavy (non-hydrogen) atoms. The predicted molar refractivity (Wildman–Crippen MR) is 158 cm³/mol. The van der Waals surface area contributed by atoms with Gasteiger partial charge in [0.2, 0.25) is 5.91 Å². The molecule has 2 aliphatic rings. The van der Waals surface area contributed by atoms with E-state index in [9.17, 15) is 14.0 Å². The van der Waals surface area contributed by atoms with Crippen LogP contribution < -0.4 is 15.4 Å². The van der Waals surface area contributed by atoms with Crippen LogP contribution in [0.3, 0.4) is 0 Å². The van der Waals surface area contributed by atoms with E-state index in [0.29, 0.717) is 54.3 Å². The first-order valence-electron chi connectivity index (χ1n) is 14.2. The Morgan fingerprint density at radius 3 is 2.57 bits per heavy atom. The molecule has 0 spiro atoms. The molecule has 2 aromatic heterocycles. The quantitative estimate of drug-likeness (QED) is 0.363. The molecule has 4 aromatic rings. The van der Waals surface area contributed by atoms with E-state index >= 15 is 0 Å². The molecule has 2 aliphatic heterocycles. The predicted octanol–water partition coefficient (Wildman–Crippen LogP) is 3.80. The lowest BCUT2D eigenvalue weighted by atomic mass is 10.0. The standard InChI is InChI=1S/C31H34FN7O3/c1-19-16-22(4-5-23(19)31(41)38-14-12-37(13-15-38)30(40)21-8-9-33-17-21)36-28-29-35-18-25(39(29)11-10-34-28)24-6-7-26(42-3)27(32)20(24)2/h4-7,10-11,16,18,21,33H,8-9,12-15,17H2,1-3H3,(H,34,36). The number of carbonyl (C=O) groups excluding carboxylic acids is 2. The lowest BCUT2D eigenvalue weighted by Gasteiger charge is -2.36. The smallest absolute Gasteiger partial charge is 0.254 e. The number of rotatable bonds is 6. The van der Waals surface area contributed by atoms with E-state index in [-0.39, 0.29) is 23.5 Å². The number of fused-ring (bicyclic) bond motifs is 1. The summed E-state index contributed by atoms with van der Waals surface area (Å²) < 4.78 is 21.7. The van der Waals surface area contributed by atoms with Crippen molar-refractivity contribution in [3.8, 4) is 17.0 Å². The summed E-state index contributed by atoms with van der Waals surface area (Å²) >= 11 is 0. The fraction of sp³-hybridized carbons (Fsp3) is 0.355. The molecule has 10 nitrogen and oxygen atoms in total. The van der Waals surface area contributed by atoms with Crippen LogP contribution in [0.25, 0.3) is 16.9 Å². The van der Waals surface area contributed by atoms with Crippen LogP contribution in [0.2, 0.25) is 0 Å². The van der Waals surface area contributed by atoms with Gasteiger partial charge in [-0.15, -0.1) is 0 Å². The number of nitrogens with one attached hydrogen (secondary N) is 2. The molecule has 2 saturated heterocycles. The van der Waals surface area contributed by atoms with Gasteiger partial charge in [-0.2, -0.15) is 0 Å². The summed E-state index contributed by atoms with van der Waals surface area (Å²) in [4.78, 5) is 38.9. The first kappa shape index (κ1) is 27.6. The average molecular weight is 572 g/mol. The minimum absolute atomic E-state index is 0.0334. The van der Waals surface area contributed by atoms with Crippen molar-refractivity contribution in [3.63, 3.8) is 0 Å². The highest BCUT2D eigenvalue weighted by Gasteiger charge is 2.31. The van der Waals surface area contributed by atoms with E-state index in [0.717, 1.165) is 36.5 Å². The number of nitrogens with zero attached hydrogens (tertiary/aromatic N) is 5. The molecule has 0 radical (unpaired) electrons. The van der Waals surface area contributed by atoms with Gasteiger partial charge in [0.15, 0.2) is 23.0 Å². The summed E-state index contributed by atoms with van der Waals surface area (Å²) in [6, 6.07) is 9.01. The van der Waals surface area contributed by atoms with Gasteiger partial charge in [-0.05, 0) is 68.3 Å². The Morgan fingerprint density at radius 2 is 1.86 bits per heavy atom. The van der Waals surface area contributed by atoms with Crippen LogP contribution in [0.5, 0.6) is 5.75 Å². The van der Waals surface area contributed by atoms with Gasteiger partial charge in [0.25, 0.3) is 5.91 Å². The van der Waals surface area contributed by atoms with Gasteiger partial charge in [0.05, 0.1) is 24.9 Å². The zero-order chi connectivity index (χ0) is 29.4. The summed E-state index contributed by atoms with van der Waals surface area (Å²) in [7, 11) is 1.44. The maximum Gasteiger partial charge on any atom is 0.254 e. The Balaban J connectivity index is 1.16. The minimum Gasteiger partial charge on any atom is -0.494 e. The van der Waals surface area contributed by atoms with E-state index in [1.165, 1.54) is 7.11 Å². The summed E-state index contributed by atoms with van der Waals surface area (Å²) in [6.07, 6.45) is 6.02. The largest absolute Gasteiger partial charge is 0.494 e. The SMILES string of the molecule is COc1ccc(-c2cnc3c(Nc4ccc(C(=O)N5CCN(C(=O)C6CCNC6)CC5)c(C)c4)nccn23)c(C)c1F. The monoisotopic (exact) mass is 571 g/mol. The molecular formula is C31H34FN7O3. The Labute approximate surface area is 243 Å². The van der Waals surface area contributed by atoms with Crippen molar-refractivity contribution in [1.82, 2.24) is 29.5 Å². The number of methoxy groups -OCH3 is 1. The molecule has 11 heteroatoms. The summed E-state index contributed by atoms with van der Waals surface area (Å²) in [6.45, 7) is 7.42. The second-order valence-electron chi connectivity index (χ2n) is 10.8. The number of benzene rings is 2. The molecular weight excluding hydrogens is 537 g/mol. The lowest BCUT2D eigenvalue weighted by Crippen LogP contribution is -2.52. The van der Waals surface area contributed by atoms with Crippen molar-refractivity contribution in [2.45, 2.75) is 20.3 Å². The Hall–Kier alpha value is -4.51. The van der Waals surface area contributed by atoms with Crippen LogP contribution in [0, 0.1) is 25.6 Å². The molecule has 0 bridgehead atoms. The highest BCUT2D eigenvalue weighted by Crippen LogP contribution is 2.32. The Kier molecular flexibility index (Phi) is 7.51. The molecule has 6 rings (SSSR count). The highest BCUT2D eigenvalue weighted by atomic mass is 19.1. The van der Waals surface area contributed by atoms with E-state index in [1.807, 2.05) is 45.4 Å². The number of aryl methyl sites for hydroxylation is 1. The third kappa shape index (κ3) is 5.04. The van der Waals surface area contributed by atoms with Crippen LogP contribution in [-0.4, -0.2) is 82.4 Å². The van der Waals surface area contributed by atoms with Gasteiger partial charge < -0.3 is 25.2 Å². The first-order chi connectivity index (χ1) is 20.4. The number of carbonyl (C=O) groups is 2. The third-order valence-corrected chi connectivity index (χ3v) is 8.28. The van der Waals surface area contributed by atoms with Gasteiger partial charge in [-0.3, -0.25) is 14.0 Å². The molecule has 0 aliphatic carbocycles. The van der Waals surface area contributed by atoms with Crippen LogP contribution in [0.1, 0.15) is 27.9 Å².